The summed E-state index contributed by atoms with van der Waals surface area (Å²) in [6.07, 6.45) is 0. The maximum atomic E-state index is 13.4. The zero-order valence-corrected chi connectivity index (χ0v) is 19.6. The first-order valence-corrected chi connectivity index (χ1v) is 11.7. The number of rotatable bonds is 6. The van der Waals surface area contributed by atoms with Gasteiger partial charge < -0.3 is 5.32 Å². The molecule has 30 heavy (non-hydrogen) atoms. The SMILES string of the molecule is Cc1ccc(S(=O)(=O)N(CC(=O)Nc2ccc(Cl)cc2C)c2cccc(Br)c2)cc1. The second-order valence-corrected chi connectivity index (χ2v) is 10.0. The summed E-state index contributed by atoms with van der Waals surface area (Å²) in [6.45, 7) is 3.32. The summed E-state index contributed by atoms with van der Waals surface area (Å²) in [5, 5.41) is 3.33. The van der Waals surface area contributed by atoms with Gasteiger partial charge in [-0.05, 0) is 67.9 Å². The van der Waals surface area contributed by atoms with E-state index in [1.54, 1.807) is 54.6 Å². The number of aryl methyl sites for hydroxylation is 2. The van der Waals surface area contributed by atoms with Crippen LogP contribution in [-0.2, 0) is 14.8 Å². The topological polar surface area (TPSA) is 66.5 Å². The van der Waals surface area contributed by atoms with Crippen molar-refractivity contribution in [2.75, 3.05) is 16.2 Å². The van der Waals surface area contributed by atoms with Crippen LogP contribution in [0, 0.1) is 13.8 Å². The quantitative estimate of drug-likeness (QED) is 0.475. The third-order valence-electron chi connectivity index (χ3n) is 4.45. The Morgan fingerprint density at radius 2 is 1.73 bits per heavy atom. The molecular formula is C22H20BrClN2O3S. The minimum Gasteiger partial charge on any atom is -0.324 e. The zero-order chi connectivity index (χ0) is 21.9. The van der Waals surface area contributed by atoms with E-state index in [1.807, 2.05) is 13.8 Å². The van der Waals surface area contributed by atoms with Gasteiger partial charge in [0.05, 0.1) is 10.6 Å². The molecule has 3 aromatic carbocycles. The lowest BCUT2D eigenvalue weighted by molar-refractivity contribution is -0.114. The number of sulfonamides is 1. The molecule has 0 fully saturated rings. The molecule has 156 valence electrons. The van der Waals surface area contributed by atoms with Crippen molar-refractivity contribution in [3.8, 4) is 0 Å². The van der Waals surface area contributed by atoms with Gasteiger partial charge in [0.2, 0.25) is 5.91 Å². The third-order valence-corrected chi connectivity index (χ3v) is 6.97. The van der Waals surface area contributed by atoms with Crippen molar-refractivity contribution in [1.29, 1.82) is 0 Å². The lowest BCUT2D eigenvalue weighted by Gasteiger charge is -2.24. The summed E-state index contributed by atoms with van der Waals surface area (Å²) >= 11 is 9.33. The van der Waals surface area contributed by atoms with Crippen molar-refractivity contribution in [3.63, 3.8) is 0 Å². The van der Waals surface area contributed by atoms with Crippen LogP contribution < -0.4 is 9.62 Å². The normalized spacial score (nSPS) is 11.2. The maximum Gasteiger partial charge on any atom is 0.264 e. The lowest BCUT2D eigenvalue weighted by Crippen LogP contribution is -2.38. The molecule has 0 heterocycles. The summed E-state index contributed by atoms with van der Waals surface area (Å²) < 4.78 is 28.5. The van der Waals surface area contributed by atoms with Gasteiger partial charge in [0.1, 0.15) is 6.54 Å². The Morgan fingerprint density at radius 3 is 2.37 bits per heavy atom. The standard InChI is InChI=1S/C22H20BrClN2O3S/c1-15-6-9-20(10-7-15)30(28,29)26(19-5-3-4-17(23)13-19)14-22(27)25-21-11-8-18(24)12-16(21)2/h3-13H,14H2,1-2H3,(H,25,27). The highest BCUT2D eigenvalue weighted by Gasteiger charge is 2.27. The number of anilines is 2. The fourth-order valence-electron chi connectivity index (χ4n) is 2.87. The molecule has 0 atom stereocenters. The van der Waals surface area contributed by atoms with Crippen LogP contribution in [0.25, 0.3) is 0 Å². The van der Waals surface area contributed by atoms with Crippen LogP contribution in [0.15, 0.2) is 76.1 Å². The summed E-state index contributed by atoms with van der Waals surface area (Å²) in [4.78, 5) is 12.9. The first-order valence-electron chi connectivity index (χ1n) is 9.08. The molecule has 5 nitrogen and oxygen atoms in total. The number of hydrogen-bond donors (Lipinski definition) is 1. The second kappa shape index (κ2) is 9.20. The highest BCUT2D eigenvalue weighted by atomic mass is 79.9. The first kappa shape index (κ1) is 22.3. The van der Waals surface area contributed by atoms with Gasteiger partial charge in [0, 0.05) is 15.2 Å². The zero-order valence-electron chi connectivity index (χ0n) is 16.4. The molecule has 0 saturated carbocycles. The van der Waals surface area contributed by atoms with E-state index < -0.39 is 15.9 Å². The van der Waals surface area contributed by atoms with Gasteiger partial charge in [-0.1, -0.05) is 51.3 Å². The molecule has 0 aliphatic heterocycles. The number of amides is 1. The number of carbonyl (C=O) groups is 1. The van der Waals surface area contributed by atoms with Crippen LogP contribution in [0.3, 0.4) is 0 Å². The summed E-state index contributed by atoms with van der Waals surface area (Å²) in [7, 11) is -3.96. The van der Waals surface area contributed by atoms with Crippen LogP contribution in [0.1, 0.15) is 11.1 Å². The Balaban J connectivity index is 1.95. The van der Waals surface area contributed by atoms with Crippen LogP contribution in [0.4, 0.5) is 11.4 Å². The number of nitrogens with zero attached hydrogens (tertiary/aromatic N) is 1. The first-order chi connectivity index (χ1) is 14.2. The third kappa shape index (κ3) is 5.22. The molecule has 1 amide bonds. The molecule has 0 unspecified atom stereocenters. The van der Waals surface area contributed by atoms with Crippen LogP contribution in [-0.4, -0.2) is 20.9 Å². The van der Waals surface area contributed by atoms with Crippen molar-refractivity contribution in [3.05, 3.63) is 87.4 Å². The smallest absolute Gasteiger partial charge is 0.264 e. The van der Waals surface area contributed by atoms with Crippen molar-refractivity contribution >= 4 is 54.8 Å². The average Bonchev–Trinajstić information content (AvgIpc) is 2.68. The minimum atomic E-state index is -3.96. The van der Waals surface area contributed by atoms with Gasteiger partial charge in [0.15, 0.2) is 0 Å². The highest BCUT2D eigenvalue weighted by molar-refractivity contribution is 9.10. The van der Waals surface area contributed by atoms with E-state index in [-0.39, 0.29) is 11.4 Å². The summed E-state index contributed by atoms with van der Waals surface area (Å²) in [6, 6.07) is 18.4. The average molecular weight is 508 g/mol. The van der Waals surface area contributed by atoms with Gasteiger partial charge in [-0.2, -0.15) is 0 Å². The molecule has 0 saturated heterocycles. The number of halogens is 2. The number of benzene rings is 3. The molecule has 0 aliphatic rings. The highest BCUT2D eigenvalue weighted by Crippen LogP contribution is 2.27. The monoisotopic (exact) mass is 506 g/mol. The summed E-state index contributed by atoms with van der Waals surface area (Å²) in [5.41, 5.74) is 2.68. The van der Waals surface area contributed by atoms with Crippen molar-refractivity contribution in [2.45, 2.75) is 18.7 Å². The van der Waals surface area contributed by atoms with E-state index in [9.17, 15) is 13.2 Å². The lowest BCUT2D eigenvalue weighted by atomic mass is 10.2. The van der Waals surface area contributed by atoms with Gasteiger partial charge in [-0.25, -0.2) is 8.42 Å². The molecule has 3 aromatic rings. The fraction of sp³-hybridized carbons (Fsp3) is 0.136. The van der Waals surface area contributed by atoms with Crippen LogP contribution in [0.2, 0.25) is 5.02 Å². The second-order valence-electron chi connectivity index (χ2n) is 6.81. The fourth-order valence-corrected chi connectivity index (χ4v) is 4.90. The predicted octanol–water partition coefficient (Wildman–Crippen LogP) is 5.55. The van der Waals surface area contributed by atoms with Crippen molar-refractivity contribution in [1.82, 2.24) is 0 Å². The van der Waals surface area contributed by atoms with E-state index in [0.717, 1.165) is 15.4 Å². The van der Waals surface area contributed by atoms with Gasteiger partial charge >= 0.3 is 0 Å². The van der Waals surface area contributed by atoms with Crippen LogP contribution >= 0.6 is 27.5 Å². The van der Waals surface area contributed by atoms with E-state index in [2.05, 4.69) is 21.2 Å². The van der Waals surface area contributed by atoms with E-state index in [0.29, 0.717) is 20.9 Å². The Kier molecular flexibility index (Phi) is 6.85. The molecule has 0 aliphatic carbocycles. The van der Waals surface area contributed by atoms with E-state index in [1.165, 1.54) is 12.1 Å². The number of carbonyl (C=O) groups excluding carboxylic acids is 1. The molecule has 8 heteroatoms. The molecule has 1 N–H and O–H groups in total. The van der Waals surface area contributed by atoms with E-state index >= 15 is 0 Å². The molecule has 0 radical (unpaired) electrons. The van der Waals surface area contributed by atoms with Gasteiger partial charge in [-0.3, -0.25) is 9.10 Å². The minimum absolute atomic E-state index is 0.114. The number of nitrogens with one attached hydrogen (secondary N) is 1. The molecule has 0 spiro atoms. The Morgan fingerprint density at radius 1 is 1.03 bits per heavy atom. The molecule has 0 bridgehead atoms. The van der Waals surface area contributed by atoms with Crippen molar-refractivity contribution in [2.24, 2.45) is 0 Å². The Hall–Kier alpha value is -2.35. The van der Waals surface area contributed by atoms with Crippen molar-refractivity contribution < 1.29 is 13.2 Å². The molecule has 0 aromatic heterocycles. The Bertz CT molecular complexity index is 1180. The summed E-state index contributed by atoms with van der Waals surface area (Å²) in [5.74, 6) is -0.462. The predicted molar refractivity (Wildman–Crippen MR) is 125 cm³/mol. The largest absolute Gasteiger partial charge is 0.324 e. The van der Waals surface area contributed by atoms with Gasteiger partial charge in [-0.15, -0.1) is 0 Å². The Labute approximate surface area is 189 Å². The molecule has 3 rings (SSSR count). The van der Waals surface area contributed by atoms with E-state index in [4.69, 9.17) is 11.6 Å². The maximum absolute atomic E-state index is 13.4. The van der Waals surface area contributed by atoms with Gasteiger partial charge in [0.25, 0.3) is 10.0 Å². The molecular weight excluding hydrogens is 488 g/mol. The van der Waals surface area contributed by atoms with Crippen LogP contribution in [0.5, 0.6) is 0 Å². The number of hydrogen-bond acceptors (Lipinski definition) is 3.